The third-order valence-electron chi connectivity index (χ3n) is 4.86. The number of nitrogens with one attached hydrogen (secondary N) is 2. The first kappa shape index (κ1) is 19.3. The lowest BCUT2D eigenvalue weighted by Crippen LogP contribution is -2.54. The van der Waals surface area contributed by atoms with Crippen molar-refractivity contribution in [1.29, 1.82) is 0 Å². The molecule has 2 saturated heterocycles. The highest BCUT2D eigenvalue weighted by atomic mass is 16.3. The van der Waals surface area contributed by atoms with E-state index in [1.165, 1.54) is 0 Å². The largest absolute Gasteiger partial charge is 0.376 e. The van der Waals surface area contributed by atoms with Gasteiger partial charge in [-0.2, -0.15) is 0 Å². The second kappa shape index (κ2) is 8.92. The van der Waals surface area contributed by atoms with Crippen LogP contribution >= 0.6 is 0 Å². The van der Waals surface area contributed by atoms with Crippen molar-refractivity contribution in [3.05, 3.63) is 23.8 Å². The molecule has 2 aliphatic heterocycles. The molecule has 138 valence electrons. The van der Waals surface area contributed by atoms with Crippen molar-refractivity contribution in [3.8, 4) is 0 Å². The minimum atomic E-state index is -0.846. The first-order valence-corrected chi connectivity index (χ1v) is 8.83. The molecule has 0 aliphatic carbocycles. The van der Waals surface area contributed by atoms with Gasteiger partial charge in [0, 0.05) is 18.5 Å². The average Bonchev–Trinajstić information content (AvgIpc) is 2.62. The van der Waals surface area contributed by atoms with Crippen molar-refractivity contribution in [2.75, 3.05) is 19.8 Å². The van der Waals surface area contributed by atoms with E-state index >= 15 is 0 Å². The monoisotopic (exact) mass is 349 g/mol. The number of imide groups is 1. The van der Waals surface area contributed by atoms with Crippen LogP contribution in [0.2, 0.25) is 0 Å². The summed E-state index contributed by atoms with van der Waals surface area (Å²) in [5.41, 5.74) is 1.40. The Kier molecular flexibility index (Phi) is 6.90. The number of carbonyl (C=O) groups is 3. The third-order valence-corrected chi connectivity index (χ3v) is 4.86. The predicted molar refractivity (Wildman–Crippen MR) is 93.2 cm³/mol. The Balaban J connectivity index is 2.10. The van der Waals surface area contributed by atoms with E-state index in [0.29, 0.717) is 5.92 Å². The molecule has 7 nitrogen and oxygen atoms in total. The number of piperidine rings is 2. The summed E-state index contributed by atoms with van der Waals surface area (Å²) < 4.78 is 0. The Labute approximate surface area is 148 Å². The van der Waals surface area contributed by atoms with Crippen LogP contribution in [0.4, 0.5) is 0 Å². The number of aliphatic hydroxyl groups excluding tert-OH is 1. The zero-order chi connectivity index (χ0) is 18.4. The SMILES string of the molecule is C=C(/C=C(\CC)C1CCCNC1)C(=O)N(CO)C1CCC(=O)NC1=O. The van der Waals surface area contributed by atoms with E-state index in [4.69, 9.17) is 0 Å². The molecule has 2 atom stereocenters. The van der Waals surface area contributed by atoms with Gasteiger partial charge in [-0.3, -0.25) is 19.7 Å². The fourth-order valence-corrected chi connectivity index (χ4v) is 3.43. The fraction of sp³-hybridized carbons (Fsp3) is 0.611. The summed E-state index contributed by atoms with van der Waals surface area (Å²) in [6.45, 7) is 7.20. The zero-order valence-corrected chi connectivity index (χ0v) is 14.7. The highest BCUT2D eigenvalue weighted by Crippen LogP contribution is 2.24. The van der Waals surface area contributed by atoms with Crippen LogP contribution in [0, 0.1) is 5.92 Å². The first-order valence-electron chi connectivity index (χ1n) is 8.83. The Morgan fingerprint density at radius 3 is 2.72 bits per heavy atom. The molecule has 0 bridgehead atoms. The third kappa shape index (κ3) is 4.76. The first-order chi connectivity index (χ1) is 12.0. The molecule has 2 fully saturated rings. The van der Waals surface area contributed by atoms with Gasteiger partial charge in [0.05, 0.1) is 0 Å². The average molecular weight is 349 g/mol. The van der Waals surface area contributed by atoms with E-state index in [1.807, 2.05) is 6.92 Å². The lowest BCUT2D eigenvalue weighted by Gasteiger charge is -2.31. The summed E-state index contributed by atoms with van der Waals surface area (Å²) in [6, 6.07) is -0.846. The summed E-state index contributed by atoms with van der Waals surface area (Å²) in [4.78, 5) is 37.0. The van der Waals surface area contributed by atoms with Crippen LogP contribution in [0.1, 0.15) is 39.0 Å². The number of hydrogen-bond donors (Lipinski definition) is 3. The predicted octanol–water partition coefficient (Wildman–Crippen LogP) is 0.462. The van der Waals surface area contributed by atoms with E-state index in [1.54, 1.807) is 6.08 Å². The molecule has 0 radical (unpaired) electrons. The van der Waals surface area contributed by atoms with Gasteiger partial charge in [0.25, 0.3) is 5.91 Å². The van der Waals surface area contributed by atoms with Gasteiger partial charge in [-0.25, -0.2) is 0 Å². The molecule has 0 spiro atoms. The van der Waals surface area contributed by atoms with Crippen LogP contribution in [-0.2, 0) is 14.4 Å². The van der Waals surface area contributed by atoms with Crippen molar-refractivity contribution in [3.63, 3.8) is 0 Å². The molecule has 2 rings (SSSR count). The Hall–Kier alpha value is -1.99. The van der Waals surface area contributed by atoms with E-state index in [2.05, 4.69) is 17.2 Å². The second-order valence-corrected chi connectivity index (χ2v) is 6.52. The van der Waals surface area contributed by atoms with Crippen molar-refractivity contribution in [2.24, 2.45) is 5.92 Å². The van der Waals surface area contributed by atoms with E-state index in [0.717, 1.165) is 42.8 Å². The molecule has 2 heterocycles. The Morgan fingerprint density at radius 1 is 1.40 bits per heavy atom. The molecular formula is C18H27N3O4. The smallest absolute Gasteiger partial charge is 0.255 e. The van der Waals surface area contributed by atoms with Crippen molar-refractivity contribution in [1.82, 2.24) is 15.5 Å². The molecule has 7 heteroatoms. The Bertz CT molecular complexity index is 579. The maximum Gasteiger partial charge on any atom is 0.255 e. The van der Waals surface area contributed by atoms with Crippen molar-refractivity contribution in [2.45, 2.75) is 45.1 Å². The van der Waals surface area contributed by atoms with E-state index < -0.39 is 24.6 Å². The highest BCUT2D eigenvalue weighted by molar-refractivity contribution is 6.04. The molecule has 0 aromatic rings. The minimum absolute atomic E-state index is 0.149. The van der Waals surface area contributed by atoms with E-state index in [9.17, 15) is 19.5 Å². The van der Waals surface area contributed by atoms with Gasteiger partial charge < -0.3 is 15.3 Å². The fourth-order valence-electron chi connectivity index (χ4n) is 3.43. The molecule has 2 unspecified atom stereocenters. The van der Waals surface area contributed by atoms with Gasteiger partial charge >= 0.3 is 0 Å². The van der Waals surface area contributed by atoms with Crippen LogP contribution in [-0.4, -0.2) is 53.6 Å². The van der Waals surface area contributed by atoms with Gasteiger partial charge in [0.1, 0.15) is 12.8 Å². The van der Waals surface area contributed by atoms with Crippen LogP contribution in [0.5, 0.6) is 0 Å². The summed E-state index contributed by atoms with van der Waals surface area (Å²) in [6.07, 6.45) is 5.13. The standard InChI is InChI=1S/C18H27N3O4/c1-3-13(14-5-4-8-19-10-14)9-12(2)18(25)21(11-22)15-6-7-16(23)20-17(15)24/h9,14-15,19,22H,2-8,10-11H2,1H3,(H,20,23,24)/b13-9+. The zero-order valence-electron chi connectivity index (χ0n) is 14.7. The maximum absolute atomic E-state index is 12.7. The van der Waals surface area contributed by atoms with Gasteiger partial charge in [-0.15, -0.1) is 0 Å². The molecule has 0 aromatic carbocycles. The van der Waals surface area contributed by atoms with Crippen LogP contribution in [0.25, 0.3) is 0 Å². The lowest BCUT2D eigenvalue weighted by molar-refractivity contribution is -0.147. The molecule has 2 aliphatic rings. The lowest BCUT2D eigenvalue weighted by atomic mass is 9.88. The van der Waals surface area contributed by atoms with Crippen molar-refractivity contribution >= 4 is 17.7 Å². The normalized spacial score (nSPS) is 24.6. The Morgan fingerprint density at radius 2 is 2.16 bits per heavy atom. The summed E-state index contributed by atoms with van der Waals surface area (Å²) in [5, 5.41) is 15.2. The molecule has 0 aromatic heterocycles. The van der Waals surface area contributed by atoms with Crippen LogP contribution in [0.15, 0.2) is 23.8 Å². The molecular weight excluding hydrogens is 322 g/mol. The summed E-state index contributed by atoms with van der Waals surface area (Å²) in [5.74, 6) is -1.01. The number of carbonyl (C=O) groups excluding carboxylic acids is 3. The van der Waals surface area contributed by atoms with Gasteiger partial charge in [0.15, 0.2) is 0 Å². The number of aliphatic hydroxyl groups is 1. The van der Waals surface area contributed by atoms with Gasteiger partial charge in [-0.05, 0) is 38.1 Å². The molecule has 0 saturated carbocycles. The number of nitrogens with zero attached hydrogens (tertiary/aromatic N) is 1. The molecule has 3 N–H and O–H groups in total. The number of hydrogen-bond acceptors (Lipinski definition) is 5. The molecule has 25 heavy (non-hydrogen) atoms. The van der Waals surface area contributed by atoms with Crippen LogP contribution in [0.3, 0.4) is 0 Å². The highest BCUT2D eigenvalue weighted by Gasteiger charge is 2.34. The number of rotatable bonds is 6. The van der Waals surface area contributed by atoms with Crippen LogP contribution < -0.4 is 10.6 Å². The summed E-state index contributed by atoms with van der Waals surface area (Å²) in [7, 11) is 0. The molecule has 3 amide bonds. The van der Waals surface area contributed by atoms with Crippen molar-refractivity contribution < 1.29 is 19.5 Å². The quantitative estimate of drug-likeness (QED) is 0.280. The van der Waals surface area contributed by atoms with Gasteiger partial charge in [-0.1, -0.05) is 25.2 Å². The minimum Gasteiger partial charge on any atom is -0.376 e. The van der Waals surface area contributed by atoms with E-state index in [-0.39, 0.29) is 24.3 Å². The topological polar surface area (TPSA) is 98.7 Å². The summed E-state index contributed by atoms with van der Waals surface area (Å²) >= 11 is 0. The maximum atomic E-state index is 12.7. The second-order valence-electron chi connectivity index (χ2n) is 6.52. The van der Waals surface area contributed by atoms with Gasteiger partial charge in [0.2, 0.25) is 11.8 Å². The number of amides is 3.